The maximum absolute atomic E-state index is 14.4. The van der Waals surface area contributed by atoms with Gasteiger partial charge in [0.25, 0.3) is 5.91 Å². The molecule has 0 unspecified atom stereocenters. The molecule has 4 bridgehead atoms. The molecule has 14 nitrogen and oxygen atoms in total. The van der Waals surface area contributed by atoms with Crippen molar-refractivity contribution in [2.45, 2.75) is 123 Å². The highest BCUT2D eigenvalue weighted by Crippen LogP contribution is 2.31. The Labute approximate surface area is 310 Å². The van der Waals surface area contributed by atoms with E-state index in [1.54, 1.807) is 50.1 Å². The van der Waals surface area contributed by atoms with Crippen LogP contribution in [0.5, 0.6) is 0 Å². The van der Waals surface area contributed by atoms with Crippen molar-refractivity contribution in [1.29, 1.82) is 0 Å². The van der Waals surface area contributed by atoms with E-state index < -0.39 is 65.3 Å². The van der Waals surface area contributed by atoms with Crippen LogP contribution in [0.2, 0.25) is 0 Å². The summed E-state index contributed by atoms with van der Waals surface area (Å²) in [6.07, 6.45) is 4.33. The molecule has 4 atom stereocenters. The fourth-order valence-corrected chi connectivity index (χ4v) is 7.10. The number of ether oxygens (including phenoxy) is 2. The van der Waals surface area contributed by atoms with Gasteiger partial charge in [0.15, 0.2) is 0 Å². The first kappa shape index (κ1) is 39.2. The van der Waals surface area contributed by atoms with Crippen LogP contribution < -0.4 is 16.0 Å². The summed E-state index contributed by atoms with van der Waals surface area (Å²) >= 11 is 0. The number of nitrogens with zero attached hydrogens (tertiary/aromatic N) is 3. The van der Waals surface area contributed by atoms with Gasteiger partial charge < -0.3 is 30.3 Å². The van der Waals surface area contributed by atoms with Gasteiger partial charge in [0.2, 0.25) is 17.6 Å². The number of carbonyl (C=O) groups excluding carboxylic acids is 6. The van der Waals surface area contributed by atoms with Gasteiger partial charge in [-0.1, -0.05) is 71.2 Å². The Bertz CT molecular complexity index is 1660. The van der Waals surface area contributed by atoms with Crippen molar-refractivity contribution in [2.24, 2.45) is 5.41 Å². The first-order valence-corrected chi connectivity index (χ1v) is 18.7. The molecule has 1 saturated heterocycles. The predicted octanol–water partition coefficient (Wildman–Crippen LogP) is 3.93. The molecule has 1 fully saturated rings. The summed E-state index contributed by atoms with van der Waals surface area (Å²) in [5.74, 6) is -2.94. The van der Waals surface area contributed by atoms with E-state index in [0.717, 1.165) is 36.8 Å². The van der Waals surface area contributed by atoms with Crippen molar-refractivity contribution in [3.8, 4) is 0 Å². The van der Waals surface area contributed by atoms with Crippen LogP contribution >= 0.6 is 0 Å². The Balaban J connectivity index is 1.37. The van der Waals surface area contributed by atoms with Crippen molar-refractivity contribution >= 4 is 35.7 Å². The van der Waals surface area contributed by atoms with Crippen LogP contribution in [0.3, 0.4) is 0 Å². The number of benzene rings is 1. The number of nitrogens with one attached hydrogen (secondary N) is 3. The second-order valence-corrected chi connectivity index (χ2v) is 15.1. The number of aromatic nitrogens is 1. The molecule has 5 rings (SSSR count). The average molecular weight is 733 g/mol. The Morgan fingerprint density at radius 3 is 2.51 bits per heavy atom. The van der Waals surface area contributed by atoms with E-state index in [2.05, 4.69) is 27.0 Å². The Morgan fingerprint density at radius 1 is 1.00 bits per heavy atom. The highest BCUT2D eigenvalue weighted by Gasteiger charge is 2.47. The summed E-state index contributed by atoms with van der Waals surface area (Å²) < 4.78 is 11.4. The zero-order valence-electron chi connectivity index (χ0n) is 31.2. The molecule has 5 amide bonds. The molecule has 53 heavy (non-hydrogen) atoms. The van der Waals surface area contributed by atoms with Gasteiger partial charge in [-0.05, 0) is 59.9 Å². The number of hydrogen-bond acceptors (Lipinski definition) is 9. The van der Waals surface area contributed by atoms with Crippen molar-refractivity contribution in [1.82, 2.24) is 30.7 Å². The van der Waals surface area contributed by atoms with Gasteiger partial charge in [-0.2, -0.15) is 0 Å². The van der Waals surface area contributed by atoms with E-state index in [9.17, 15) is 28.8 Å². The normalized spacial score (nSPS) is 21.9. The molecule has 3 N–H and O–H groups in total. The summed E-state index contributed by atoms with van der Waals surface area (Å²) in [5, 5.41) is 8.00. The zero-order valence-corrected chi connectivity index (χ0v) is 31.2. The van der Waals surface area contributed by atoms with Gasteiger partial charge in [0.1, 0.15) is 18.2 Å². The number of cyclic esters (lactones) is 1. The molecule has 3 aliphatic heterocycles. The molecule has 3 aliphatic rings. The monoisotopic (exact) mass is 732 g/mol. The van der Waals surface area contributed by atoms with E-state index >= 15 is 0 Å². The number of Topliss-reactive ketones (excluding diaryl/α,β-unsaturated/α-hetero) is 1. The topological polar surface area (TPSA) is 176 Å². The van der Waals surface area contributed by atoms with Crippen molar-refractivity contribution in [3.63, 3.8) is 0 Å². The van der Waals surface area contributed by atoms with Gasteiger partial charge in [0.05, 0.1) is 31.4 Å². The molecule has 1 aromatic carbocycles. The van der Waals surface area contributed by atoms with Gasteiger partial charge in [-0.25, -0.2) is 9.59 Å². The largest absolute Gasteiger partial charge is 0.450 e. The minimum atomic E-state index is -1.17. The lowest BCUT2D eigenvalue weighted by Crippen LogP contribution is -2.59. The number of fused-ring (bicyclic) bond motifs is 3. The standard InChI is InChI=1S/C39H52N6O8/c1-5-13-30(32(46)35(48)41-21-27-17-9-10-18-40-27)42-34(47)31-20-28-23-45(31)36(49)33(39(2,3)4)43-37(50)52-19-11-7-6-8-14-25-15-12-16-26-22-44(24-29(25)26)38(51)53-28/h9-10,12,15-18,28,30-31,33H,5-8,11,13-14,19-24H2,1-4H3,(H,41,48)(H,42,47)(H,43,50)/t28-,30+,31+,33-/m1/s1. The minimum Gasteiger partial charge on any atom is -0.450 e. The van der Waals surface area contributed by atoms with Gasteiger partial charge >= 0.3 is 12.2 Å². The van der Waals surface area contributed by atoms with Crippen LogP contribution in [0.15, 0.2) is 42.6 Å². The second kappa shape index (κ2) is 17.7. The summed E-state index contributed by atoms with van der Waals surface area (Å²) in [4.78, 5) is 88.3. The van der Waals surface area contributed by atoms with E-state index in [-0.39, 0.29) is 32.5 Å². The molecule has 0 saturated carbocycles. The first-order chi connectivity index (χ1) is 25.3. The summed E-state index contributed by atoms with van der Waals surface area (Å²) in [7, 11) is 0. The van der Waals surface area contributed by atoms with Gasteiger partial charge in [-0.3, -0.25) is 29.1 Å². The van der Waals surface area contributed by atoms with E-state index in [1.165, 1.54) is 10.5 Å². The highest BCUT2D eigenvalue weighted by molar-refractivity contribution is 6.38. The predicted molar refractivity (Wildman–Crippen MR) is 194 cm³/mol. The van der Waals surface area contributed by atoms with Gasteiger partial charge in [0, 0.05) is 25.7 Å². The Morgan fingerprint density at radius 2 is 1.77 bits per heavy atom. The van der Waals surface area contributed by atoms with Gasteiger partial charge in [-0.15, -0.1) is 0 Å². The lowest BCUT2D eigenvalue weighted by Gasteiger charge is -2.35. The number of pyridine rings is 1. The number of carbonyl (C=O) groups is 6. The van der Waals surface area contributed by atoms with Crippen LogP contribution in [0.25, 0.3) is 0 Å². The highest BCUT2D eigenvalue weighted by atomic mass is 16.6. The SMILES string of the molecule is CCC[C@H](NC(=O)[C@@H]1C[C@@H]2CN1C(=O)[C@H](C(C)(C)C)NC(=O)OCCCCCCc1cccc3c1CN(C3)C(=O)O2)C(=O)C(=O)NCc1ccccn1. The lowest BCUT2D eigenvalue weighted by molar-refractivity contribution is -0.144. The maximum atomic E-state index is 14.4. The Hall–Kier alpha value is -5.01. The molecular weight excluding hydrogens is 680 g/mol. The molecule has 4 heterocycles. The summed E-state index contributed by atoms with van der Waals surface area (Å²) in [6.45, 7) is 8.09. The molecule has 2 aromatic rings. The van der Waals surface area contributed by atoms with Crippen LogP contribution in [0, 0.1) is 5.41 Å². The van der Waals surface area contributed by atoms with E-state index in [0.29, 0.717) is 31.6 Å². The molecule has 286 valence electrons. The third-order valence-electron chi connectivity index (χ3n) is 9.99. The number of amides is 5. The Kier molecular flexibility index (Phi) is 13.1. The fourth-order valence-electron chi connectivity index (χ4n) is 7.10. The molecule has 0 aliphatic carbocycles. The van der Waals surface area contributed by atoms with Crippen molar-refractivity contribution in [2.75, 3.05) is 13.2 Å². The van der Waals surface area contributed by atoms with Crippen LogP contribution in [0.1, 0.15) is 95.0 Å². The minimum absolute atomic E-state index is 0.0309. The van der Waals surface area contributed by atoms with Crippen LogP contribution in [0.4, 0.5) is 9.59 Å². The van der Waals surface area contributed by atoms with Crippen LogP contribution in [-0.4, -0.2) is 87.9 Å². The third-order valence-corrected chi connectivity index (χ3v) is 9.99. The number of alkyl carbamates (subject to hydrolysis) is 1. The smallest absolute Gasteiger partial charge is 0.410 e. The first-order valence-electron chi connectivity index (χ1n) is 18.7. The lowest BCUT2D eigenvalue weighted by atomic mass is 9.85. The van der Waals surface area contributed by atoms with Crippen LogP contribution in [-0.2, 0) is 54.7 Å². The summed E-state index contributed by atoms with van der Waals surface area (Å²) in [5.41, 5.74) is 3.13. The number of ketones is 1. The zero-order chi connectivity index (χ0) is 38.1. The molecular formula is C39H52N6O8. The van der Waals surface area contributed by atoms with Crippen molar-refractivity contribution in [3.05, 3.63) is 65.0 Å². The van der Waals surface area contributed by atoms with E-state index in [4.69, 9.17) is 9.47 Å². The maximum Gasteiger partial charge on any atom is 0.410 e. The third kappa shape index (κ3) is 10.1. The molecule has 1 aromatic heterocycles. The molecule has 0 radical (unpaired) electrons. The van der Waals surface area contributed by atoms with Crippen molar-refractivity contribution < 1.29 is 38.2 Å². The fraction of sp³-hybridized carbons (Fsp3) is 0.564. The number of rotatable bonds is 8. The molecule has 0 spiro atoms. The quantitative estimate of drug-likeness (QED) is 0.340. The summed E-state index contributed by atoms with van der Waals surface area (Å²) in [6, 6.07) is 7.89. The second-order valence-electron chi connectivity index (χ2n) is 15.1. The molecule has 14 heteroatoms. The number of hydrogen-bond donors (Lipinski definition) is 3. The average Bonchev–Trinajstić information content (AvgIpc) is 3.77. The number of aryl methyl sites for hydroxylation is 1. The van der Waals surface area contributed by atoms with E-state index in [1.807, 2.05) is 19.1 Å².